The van der Waals surface area contributed by atoms with E-state index in [0.717, 1.165) is 20.3 Å². The minimum atomic E-state index is -0.0582. The molecule has 0 saturated carbocycles. The summed E-state index contributed by atoms with van der Waals surface area (Å²) in [6.07, 6.45) is 3.56. The van der Waals surface area contributed by atoms with E-state index >= 15 is 0 Å². The van der Waals surface area contributed by atoms with E-state index in [-0.39, 0.29) is 5.41 Å². The smallest absolute Gasteiger partial charge is 0.136 e. The molecule has 0 bridgehead atoms. The highest BCUT2D eigenvalue weighted by Crippen LogP contribution is 2.29. The average molecular weight is 324 g/mol. The zero-order valence-corrected chi connectivity index (χ0v) is 12.9. The van der Waals surface area contributed by atoms with Crippen LogP contribution in [0.1, 0.15) is 26.6 Å². The number of rotatable bonds is 2. The van der Waals surface area contributed by atoms with Crippen LogP contribution >= 0.6 is 27.7 Å². The van der Waals surface area contributed by atoms with Gasteiger partial charge in [0.25, 0.3) is 0 Å². The minimum absolute atomic E-state index is 0.0582. The van der Waals surface area contributed by atoms with Gasteiger partial charge in [0.05, 0.1) is 0 Å². The molecule has 3 nitrogen and oxygen atoms in total. The highest BCUT2D eigenvalue weighted by atomic mass is 79.9. The molecule has 0 unspecified atom stereocenters. The maximum Gasteiger partial charge on any atom is 0.136 e. The predicted molar refractivity (Wildman–Crippen MR) is 76.8 cm³/mol. The summed E-state index contributed by atoms with van der Waals surface area (Å²) in [4.78, 5) is 14.2. The second kappa shape index (κ2) is 5.36. The fourth-order valence-electron chi connectivity index (χ4n) is 1.31. The zero-order valence-electron chi connectivity index (χ0n) is 10.5. The van der Waals surface area contributed by atoms with Crippen LogP contribution in [0.15, 0.2) is 45.1 Å². The first kappa shape index (κ1) is 13.5. The van der Waals surface area contributed by atoms with E-state index in [1.54, 1.807) is 24.2 Å². The van der Waals surface area contributed by atoms with E-state index in [4.69, 9.17) is 0 Å². The summed E-state index contributed by atoms with van der Waals surface area (Å²) in [5.41, 5.74) is -0.0582. The Balaban J connectivity index is 2.32. The molecular weight excluding hydrogens is 310 g/mol. The van der Waals surface area contributed by atoms with Gasteiger partial charge in [0, 0.05) is 28.8 Å². The molecule has 5 heteroatoms. The molecule has 0 aliphatic rings. The summed E-state index contributed by atoms with van der Waals surface area (Å²) in [5, 5.41) is 0.938. The molecule has 2 aromatic heterocycles. The van der Waals surface area contributed by atoms with Gasteiger partial charge in [-0.3, -0.25) is 4.98 Å². The van der Waals surface area contributed by atoms with Crippen LogP contribution in [0, 0.1) is 0 Å². The van der Waals surface area contributed by atoms with Crippen molar-refractivity contribution < 1.29 is 0 Å². The van der Waals surface area contributed by atoms with Gasteiger partial charge in [-0.15, -0.1) is 0 Å². The van der Waals surface area contributed by atoms with Crippen molar-refractivity contribution in [3.63, 3.8) is 0 Å². The van der Waals surface area contributed by atoms with Gasteiger partial charge < -0.3 is 0 Å². The van der Waals surface area contributed by atoms with Gasteiger partial charge in [-0.05, 0) is 28.1 Å². The molecule has 18 heavy (non-hydrogen) atoms. The van der Waals surface area contributed by atoms with E-state index in [0.29, 0.717) is 0 Å². The third-order valence-corrected chi connectivity index (χ3v) is 3.55. The molecule has 0 amide bonds. The van der Waals surface area contributed by atoms with Crippen molar-refractivity contribution in [2.24, 2.45) is 0 Å². The van der Waals surface area contributed by atoms with Crippen molar-refractivity contribution in [1.82, 2.24) is 15.0 Å². The van der Waals surface area contributed by atoms with Crippen LogP contribution < -0.4 is 0 Å². The number of hydrogen-bond donors (Lipinski definition) is 0. The number of hydrogen-bond acceptors (Lipinski definition) is 4. The quantitative estimate of drug-likeness (QED) is 0.780. The molecule has 0 saturated heterocycles. The molecule has 0 atom stereocenters. The molecular formula is C13H14BrN3S. The number of pyridine rings is 1. The van der Waals surface area contributed by atoms with E-state index in [1.165, 1.54) is 0 Å². The fourth-order valence-corrected chi connectivity index (χ4v) is 2.65. The SMILES string of the molecule is CC(C)(C)c1nc(Br)cc(Sc2ccncc2)n1. The Kier molecular flexibility index (Phi) is 4.02. The highest BCUT2D eigenvalue weighted by Gasteiger charge is 2.18. The Labute approximate surface area is 120 Å². The largest absolute Gasteiger partial charge is 0.265 e. The molecule has 0 fully saturated rings. The zero-order chi connectivity index (χ0) is 13.2. The van der Waals surface area contributed by atoms with Crippen molar-refractivity contribution in [2.75, 3.05) is 0 Å². The number of aromatic nitrogens is 3. The summed E-state index contributed by atoms with van der Waals surface area (Å²) >= 11 is 5.05. The molecule has 2 heterocycles. The van der Waals surface area contributed by atoms with Crippen molar-refractivity contribution in [3.8, 4) is 0 Å². The minimum Gasteiger partial charge on any atom is -0.265 e. The molecule has 0 aromatic carbocycles. The summed E-state index contributed by atoms with van der Waals surface area (Å²) in [5.74, 6) is 0.841. The van der Waals surface area contributed by atoms with Crippen LogP contribution in [-0.2, 0) is 5.41 Å². The maximum absolute atomic E-state index is 4.60. The van der Waals surface area contributed by atoms with Gasteiger partial charge in [0.15, 0.2) is 0 Å². The molecule has 94 valence electrons. The molecule has 0 spiro atoms. The molecule has 0 N–H and O–H groups in total. The Morgan fingerprint density at radius 3 is 2.39 bits per heavy atom. The second-order valence-corrected chi connectivity index (χ2v) is 6.79. The van der Waals surface area contributed by atoms with Crippen molar-refractivity contribution in [1.29, 1.82) is 0 Å². The van der Waals surface area contributed by atoms with Crippen LogP contribution in [0.2, 0.25) is 0 Å². The lowest BCUT2D eigenvalue weighted by atomic mass is 9.96. The van der Waals surface area contributed by atoms with Crippen LogP contribution in [0.5, 0.6) is 0 Å². The van der Waals surface area contributed by atoms with Crippen molar-refractivity contribution in [3.05, 3.63) is 41.0 Å². The summed E-state index contributed by atoms with van der Waals surface area (Å²) < 4.78 is 0.819. The first-order valence-electron chi connectivity index (χ1n) is 5.58. The van der Waals surface area contributed by atoms with E-state index in [9.17, 15) is 0 Å². The Morgan fingerprint density at radius 1 is 1.11 bits per heavy atom. The first-order valence-corrected chi connectivity index (χ1v) is 7.19. The van der Waals surface area contributed by atoms with Crippen LogP contribution in [0.25, 0.3) is 0 Å². The maximum atomic E-state index is 4.60. The Hall–Kier alpha value is -0.940. The van der Waals surface area contributed by atoms with E-state index < -0.39 is 0 Å². The lowest BCUT2D eigenvalue weighted by Gasteiger charge is -2.17. The third kappa shape index (κ3) is 3.53. The Morgan fingerprint density at radius 2 is 1.78 bits per heavy atom. The summed E-state index contributed by atoms with van der Waals surface area (Å²) in [7, 11) is 0. The lowest BCUT2D eigenvalue weighted by molar-refractivity contribution is 0.536. The van der Waals surface area contributed by atoms with Crippen LogP contribution in [-0.4, -0.2) is 15.0 Å². The first-order chi connectivity index (χ1) is 8.45. The topological polar surface area (TPSA) is 38.7 Å². The number of halogens is 1. The predicted octanol–water partition coefficient (Wildman–Crippen LogP) is 4.08. The van der Waals surface area contributed by atoms with Crippen molar-refractivity contribution in [2.45, 2.75) is 36.1 Å². The van der Waals surface area contributed by atoms with Gasteiger partial charge in [-0.1, -0.05) is 32.5 Å². The monoisotopic (exact) mass is 323 g/mol. The van der Waals surface area contributed by atoms with E-state index in [1.807, 2.05) is 18.2 Å². The van der Waals surface area contributed by atoms with Gasteiger partial charge in [0.1, 0.15) is 15.5 Å². The normalized spacial score (nSPS) is 11.6. The third-order valence-electron chi connectivity index (χ3n) is 2.21. The van der Waals surface area contributed by atoms with Gasteiger partial charge in [-0.25, -0.2) is 9.97 Å². The van der Waals surface area contributed by atoms with Crippen LogP contribution in [0.3, 0.4) is 0 Å². The van der Waals surface area contributed by atoms with Gasteiger partial charge in [0.2, 0.25) is 0 Å². The molecule has 0 aliphatic carbocycles. The Bertz CT molecular complexity index is 538. The molecule has 2 rings (SSSR count). The summed E-state index contributed by atoms with van der Waals surface area (Å²) in [6.45, 7) is 6.32. The second-order valence-electron chi connectivity index (χ2n) is 4.89. The fraction of sp³-hybridized carbons (Fsp3) is 0.308. The van der Waals surface area contributed by atoms with Gasteiger partial charge >= 0.3 is 0 Å². The van der Waals surface area contributed by atoms with E-state index in [2.05, 4.69) is 51.7 Å². The number of nitrogens with zero attached hydrogens (tertiary/aromatic N) is 3. The average Bonchev–Trinajstić information content (AvgIpc) is 2.28. The van der Waals surface area contributed by atoms with Crippen molar-refractivity contribution >= 4 is 27.7 Å². The molecule has 2 aromatic rings. The molecule has 0 radical (unpaired) electrons. The van der Waals surface area contributed by atoms with Crippen LogP contribution in [0.4, 0.5) is 0 Å². The van der Waals surface area contributed by atoms with Gasteiger partial charge in [-0.2, -0.15) is 0 Å². The highest BCUT2D eigenvalue weighted by molar-refractivity contribution is 9.10. The summed E-state index contributed by atoms with van der Waals surface area (Å²) in [6, 6.07) is 5.87. The molecule has 0 aliphatic heterocycles. The lowest BCUT2D eigenvalue weighted by Crippen LogP contribution is -2.16. The standard InChI is InChI=1S/C13H14BrN3S/c1-13(2,3)12-16-10(14)8-11(17-12)18-9-4-6-15-7-5-9/h4-8H,1-3H3.